The highest BCUT2D eigenvalue weighted by molar-refractivity contribution is 7.15. The van der Waals surface area contributed by atoms with E-state index in [1.807, 2.05) is 0 Å². The van der Waals surface area contributed by atoms with Crippen molar-refractivity contribution < 1.29 is 14.6 Å². The zero-order valence-corrected chi connectivity index (χ0v) is 12.3. The molecule has 1 aromatic heterocycles. The van der Waals surface area contributed by atoms with Crippen LogP contribution in [-0.4, -0.2) is 58.2 Å². The van der Waals surface area contributed by atoms with E-state index in [2.05, 4.69) is 10.2 Å². The van der Waals surface area contributed by atoms with Crippen LogP contribution in [0.25, 0.3) is 0 Å². The largest absolute Gasteiger partial charge is 0.382 e. The fraction of sp³-hybridized carbons (Fsp3) is 0.667. The lowest BCUT2D eigenvalue weighted by atomic mass is 10.3. The molecule has 7 nitrogen and oxygen atoms in total. The zero-order valence-electron chi connectivity index (χ0n) is 9.99. The summed E-state index contributed by atoms with van der Waals surface area (Å²) in [5.74, 6) is 0.205. The lowest BCUT2D eigenvalue weighted by Gasteiger charge is -2.20. The van der Waals surface area contributed by atoms with Gasteiger partial charge in [-0.1, -0.05) is 11.3 Å². The second-order valence-corrected chi connectivity index (χ2v) is 5.34. The molecule has 2 atom stereocenters. The normalized spacial score (nSPS) is 23.5. The van der Waals surface area contributed by atoms with Gasteiger partial charge in [-0.2, -0.15) is 0 Å². The first kappa shape index (κ1) is 14.7. The van der Waals surface area contributed by atoms with Gasteiger partial charge in [-0.05, 0) is 0 Å². The van der Waals surface area contributed by atoms with Crippen molar-refractivity contribution in [3.8, 4) is 0 Å². The van der Waals surface area contributed by atoms with Crippen molar-refractivity contribution >= 4 is 45.7 Å². The molecule has 2 amide bonds. The van der Waals surface area contributed by atoms with Gasteiger partial charge >= 0.3 is 6.03 Å². The van der Waals surface area contributed by atoms with Crippen LogP contribution < -0.4 is 4.90 Å². The summed E-state index contributed by atoms with van der Waals surface area (Å²) < 4.78 is 4.99. The number of alkyl halides is 2. The third-order valence-electron chi connectivity index (χ3n) is 2.70. The van der Waals surface area contributed by atoms with E-state index < -0.39 is 18.3 Å². The lowest BCUT2D eigenvalue weighted by Crippen LogP contribution is -2.40. The van der Waals surface area contributed by atoms with Crippen LogP contribution in [0.2, 0.25) is 0 Å². The molecule has 1 saturated heterocycles. The molecule has 0 saturated carbocycles. The Morgan fingerprint density at radius 1 is 1.47 bits per heavy atom. The third-order valence-corrected chi connectivity index (χ3v) is 4.30. The second kappa shape index (κ2) is 6.19. The third kappa shape index (κ3) is 2.63. The number of urea groups is 1. The molecule has 2 heterocycles. The van der Waals surface area contributed by atoms with Gasteiger partial charge in [0, 0.05) is 7.11 Å². The molecule has 0 aromatic carbocycles. The van der Waals surface area contributed by atoms with Gasteiger partial charge in [0.05, 0.1) is 18.5 Å². The molecule has 2 rings (SSSR count). The van der Waals surface area contributed by atoms with Gasteiger partial charge in [0.2, 0.25) is 5.13 Å². The Labute approximate surface area is 123 Å². The smallest absolute Gasteiger partial charge is 0.330 e. The van der Waals surface area contributed by atoms with E-state index in [-0.39, 0.29) is 18.5 Å². The van der Waals surface area contributed by atoms with Crippen LogP contribution in [0.5, 0.6) is 0 Å². The Hall–Kier alpha value is -0.670. The maximum Gasteiger partial charge on any atom is 0.330 e. The molecular formula is C9H12Cl2N4O3S. The number of aliphatic hydroxyl groups excluding tert-OH is 1. The van der Waals surface area contributed by atoms with Crippen molar-refractivity contribution in [1.82, 2.24) is 15.1 Å². The second-order valence-electron chi connectivity index (χ2n) is 3.79. The molecule has 10 heteroatoms. The summed E-state index contributed by atoms with van der Waals surface area (Å²) in [6, 6.07) is -1.01. The Morgan fingerprint density at radius 3 is 2.74 bits per heavy atom. The van der Waals surface area contributed by atoms with Crippen LogP contribution in [-0.2, 0) is 10.6 Å². The number of nitrogens with zero attached hydrogens (tertiary/aromatic N) is 4. The maximum absolute atomic E-state index is 12.2. The van der Waals surface area contributed by atoms with Crippen LogP contribution in [0.1, 0.15) is 5.01 Å². The summed E-state index contributed by atoms with van der Waals surface area (Å²) in [4.78, 5) is 14.7. The Kier molecular flexibility index (Phi) is 4.80. The molecule has 106 valence electrons. The number of hydrogen-bond donors (Lipinski definition) is 1. The predicted molar refractivity (Wildman–Crippen MR) is 71.6 cm³/mol. The first-order chi connectivity index (χ1) is 9.13. The molecule has 1 fully saturated rings. The quantitative estimate of drug-likeness (QED) is 0.646. The number of carbonyl (C=O) groups is 1. The van der Waals surface area contributed by atoms with Gasteiger partial charge in [0.1, 0.15) is 11.0 Å². The number of anilines is 1. The first-order valence-corrected chi connectivity index (χ1v) is 7.23. The Balaban J connectivity index is 2.27. The summed E-state index contributed by atoms with van der Waals surface area (Å²) in [6.45, 7) is 0.178. The van der Waals surface area contributed by atoms with Crippen molar-refractivity contribution in [3.63, 3.8) is 0 Å². The number of rotatable bonds is 5. The number of hydrogen-bond acceptors (Lipinski definition) is 6. The van der Waals surface area contributed by atoms with Crippen LogP contribution in [0, 0.1) is 0 Å². The van der Waals surface area contributed by atoms with Gasteiger partial charge in [-0.3, -0.25) is 0 Å². The number of halogens is 2. The number of carbonyl (C=O) groups excluding carboxylic acids is 1. The SMILES string of the molecule is COCC1C(O)N(c2nnc(CCl)s2)C(=O)N1CCl. The summed E-state index contributed by atoms with van der Waals surface area (Å²) in [5.41, 5.74) is 0. The molecule has 0 bridgehead atoms. The minimum Gasteiger partial charge on any atom is -0.382 e. The van der Waals surface area contributed by atoms with Gasteiger partial charge < -0.3 is 14.7 Å². The van der Waals surface area contributed by atoms with Crippen LogP contribution in [0.3, 0.4) is 0 Å². The van der Waals surface area contributed by atoms with E-state index in [0.29, 0.717) is 10.1 Å². The molecule has 0 aliphatic carbocycles. The number of aliphatic hydroxyl groups is 1. The molecule has 1 aliphatic rings. The summed E-state index contributed by atoms with van der Waals surface area (Å²) in [7, 11) is 1.49. The highest BCUT2D eigenvalue weighted by Crippen LogP contribution is 2.31. The number of ether oxygens (including phenoxy) is 1. The molecule has 0 radical (unpaired) electrons. The molecule has 2 unspecified atom stereocenters. The van der Waals surface area contributed by atoms with E-state index in [1.54, 1.807) is 0 Å². The fourth-order valence-electron chi connectivity index (χ4n) is 1.80. The van der Waals surface area contributed by atoms with E-state index in [1.165, 1.54) is 12.0 Å². The number of amides is 2. The van der Waals surface area contributed by atoms with Crippen molar-refractivity contribution in [2.45, 2.75) is 18.1 Å². The van der Waals surface area contributed by atoms with Gasteiger partial charge in [-0.15, -0.1) is 33.4 Å². The highest BCUT2D eigenvalue weighted by Gasteiger charge is 2.46. The van der Waals surface area contributed by atoms with Crippen LogP contribution in [0.15, 0.2) is 0 Å². The van der Waals surface area contributed by atoms with Crippen LogP contribution in [0.4, 0.5) is 9.93 Å². The molecular weight excluding hydrogens is 315 g/mol. The van der Waals surface area contributed by atoms with E-state index in [4.69, 9.17) is 27.9 Å². The van der Waals surface area contributed by atoms with Crippen molar-refractivity contribution in [2.24, 2.45) is 0 Å². The van der Waals surface area contributed by atoms with E-state index >= 15 is 0 Å². The standard InChI is InChI=1S/C9H12Cl2N4O3S/c1-18-3-5-7(16)15(9(17)14(5)4-11)8-13-12-6(2-10)19-8/h5,7,16H,2-4H2,1H3. The highest BCUT2D eigenvalue weighted by atomic mass is 35.5. The Morgan fingerprint density at radius 2 is 2.21 bits per heavy atom. The number of aromatic nitrogens is 2. The summed E-state index contributed by atoms with van der Waals surface area (Å²) in [5, 5.41) is 18.8. The van der Waals surface area contributed by atoms with Gasteiger partial charge in [-0.25, -0.2) is 9.69 Å². The minimum atomic E-state index is -1.08. The van der Waals surface area contributed by atoms with Gasteiger partial charge in [0.15, 0.2) is 6.23 Å². The van der Waals surface area contributed by atoms with E-state index in [0.717, 1.165) is 16.2 Å². The van der Waals surface area contributed by atoms with Crippen molar-refractivity contribution in [3.05, 3.63) is 5.01 Å². The summed E-state index contributed by atoms with van der Waals surface area (Å²) in [6.07, 6.45) is -1.08. The average molecular weight is 327 g/mol. The molecule has 1 aliphatic heterocycles. The lowest BCUT2D eigenvalue weighted by molar-refractivity contribution is 0.0610. The summed E-state index contributed by atoms with van der Waals surface area (Å²) >= 11 is 12.5. The van der Waals surface area contributed by atoms with Crippen molar-refractivity contribution in [2.75, 3.05) is 24.6 Å². The van der Waals surface area contributed by atoms with Crippen molar-refractivity contribution in [1.29, 1.82) is 0 Å². The molecule has 19 heavy (non-hydrogen) atoms. The Bertz CT molecular complexity index is 460. The van der Waals surface area contributed by atoms with Gasteiger partial charge in [0.25, 0.3) is 0 Å². The molecule has 1 aromatic rings. The number of methoxy groups -OCH3 is 1. The first-order valence-electron chi connectivity index (χ1n) is 5.35. The topological polar surface area (TPSA) is 78.8 Å². The predicted octanol–water partition coefficient (Wildman–Crippen LogP) is 1.05. The van der Waals surface area contributed by atoms with E-state index in [9.17, 15) is 9.90 Å². The fourth-order valence-corrected chi connectivity index (χ4v) is 3.01. The molecule has 1 N–H and O–H groups in total. The monoisotopic (exact) mass is 326 g/mol. The molecule has 0 spiro atoms. The minimum absolute atomic E-state index is 0.0401. The van der Waals surface area contributed by atoms with Crippen LogP contribution >= 0.6 is 34.5 Å². The zero-order chi connectivity index (χ0) is 14.0. The average Bonchev–Trinajstić information content (AvgIpc) is 2.94. The maximum atomic E-state index is 12.2.